The molecule has 1 saturated heterocycles. The predicted molar refractivity (Wildman–Crippen MR) is 114 cm³/mol. The van der Waals surface area contributed by atoms with Gasteiger partial charge in [-0.2, -0.15) is 21.5 Å². The highest BCUT2D eigenvalue weighted by atomic mass is 32.2. The van der Waals surface area contributed by atoms with E-state index >= 15 is 0 Å². The van der Waals surface area contributed by atoms with Crippen LogP contribution in [0.5, 0.6) is 0 Å². The van der Waals surface area contributed by atoms with E-state index in [1.807, 2.05) is 0 Å². The first-order chi connectivity index (χ1) is 16.1. The van der Waals surface area contributed by atoms with Crippen LogP contribution >= 0.6 is 0 Å². The lowest BCUT2D eigenvalue weighted by molar-refractivity contribution is -0.132. The lowest BCUT2D eigenvalue weighted by Crippen LogP contribution is -2.51. The van der Waals surface area contributed by atoms with Crippen molar-refractivity contribution in [3.63, 3.8) is 0 Å². The molecular weight excluding hydrogens is 482 g/mol. The van der Waals surface area contributed by atoms with Gasteiger partial charge in [0.05, 0.1) is 12.2 Å². The number of nitrogens with one attached hydrogen (secondary N) is 3. The fourth-order valence-electron chi connectivity index (χ4n) is 3.17. The van der Waals surface area contributed by atoms with Crippen LogP contribution in [-0.2, 0) is 21.5 Å². The third kappa shape index (κ3) is 6.01. The van der Waals surface area contributed by atoms with Gasteiger partial charge in [0.2, 0.25) is 0 Å². The van der Waals surface area contributed by atoms with Crippen molar-refractivity contribution in [2.45, 2.75) is 13.0 Å². The van der Waals surface area contributed by atoms with Crippen molar-refractivity contribution < 1.29 is 35.6 Å². The van der Waals surface area contributed by atoms with Gasteiger partial charge >= 0.3 is 22.5 Å². The number of alkyl halides is 2. The van der Waals surface area contributed by atoms with Crippen LogP contribution in [0.1, 0.15) is 15.9 Å². The molecule has 0 saturated carbocycles. The van der Waals surface area contributed by atoms with Crippen LogP contribution in [0.4, 0.5) is 23.2 Å². The fraction of sp³-hybridized carbons (Fsp3) is 0.300. The molecule has 0 unspecified atom stereocenters. The van der Waals surface area contributed by atoms with Gasteiger partial charge in [-0.3, -0.25) is 24.7 Å². The topological polar surface area (TPSA) is 111 Å². The zero-order valence-electron chi connectivity index (χ0n) is 17.6. The molecule has 1 aliphatic heterocycles. The number of benzene rings is 2. The molecule has 2 aromatic rings. The van der Waals surface area contributed by atoms with Crippen molar-refractivity contribution in [1.82, 2.24) is 20.5 Å². The second kappa shape index (κ2) is 10.8. The highest BCUT2D eigenvalue weighted by Gasteiger charge is 2.32. The van der Waals surface area contributed by atoms with Gasteiger partial charge in [-0.15, -0.1) is 0 Å². The largest absolute Gasteiger partial charge is 0.317 e. The van der Waals surface area contributed by atoms with Crippen LogP contribution in [0.3, 0.4) is 0 Å². The standard InChI is InChI=1S/C20H21F4N5O4S/c21-15-2-1-3-16(11-15)29(34(32,33)28-8-6-25-7-9-28)12-14-5-4-13(10-17(14)22)19(30)26-27-20(31)18(23)24/h1-5,10-11,18,25H,6-9,12H2,(H,26,30)(H,27,31). The Morgan fingerprint density at radius 1 is 1.06 bits per heavy atom. The minimum atomic E-state index is -4.17. The Balaban J connectivity index is 1.86. The van der Waals surface area contributed by atoms with Crippen LogP contribution in [-0.4, -0.2) is 57.1 Å². The lowest BCUT2D eigenvalue weighted by atomic mass is 10.1. The van der Waals surface area contributed by atoms with Crippen molar-refractivity contribution in [2.75, 3.05) is 30.5 Å². The van der Waals surface area contributed by atoms with Gasteiger partial charge in [-0.25, -0.2) is 8.78 Å². The molecule has 0 bridgehead atoms. The third-order valence-electron chi connectivity index (χ3n) is 4.90. The summed E-state index contributed by atoms with van der Waals surface area (Å²) in [5.74, 6) is -4.45. The first kappa shape index (κ1) is 25.4. The van der Waals surface area contributed by atoms with Crippen LogP contribution in [0.25, 0.3) is 0 Å². The zero-order chi connectivity index (χ0) is 24.9. The molecule has 184 valence electrons. The summed E-state index contributed by atoms with van der Waals surface area (Å²) in [5.41, 5.74) is 2.75. The van der Waals surface area contributed by atoms with Crippen molar-refractivity contribution in [1.29, 1.82) is 0 Å². The van der Waals surface area contributed by atoms with E-state index in [-0.39, 0.29) is 29.9 Å². The Hall–Kier alpha value is -3.23. The number of piperazine rings is 1. The van der Waals surface area contributed by atoms with Gasteiger partial charge < -0.3 is 5.32 Å². The summed E-state index contributed by atoms with van der Waals surface area (Å²) in [5, 5.41) is 3.02. The SMILES string of the molecule is O=C(NNC(=O)C(F)F)c1ccc(CN(c2cccc(F)c2)S(=O)(=O)N2CCNCC2)c(F)c1. The number of halogens is 4. The molecule has 0 spiro atoms. The molecule has 1 heterocycles. The molecule has 1 aliphatic rings. The monoisotopic (exact) mass is 503 g/mol. The summed E-state index contributed by atoms with van der Waals surface area (Å²) in [6, 6.07) is 7.87. The Morgan fingerprint density at radius 2 is 1.76 bits per heavy atom. The van der Waals surface area contributed by atoms with Crippen LogP contribution in [0.2, 0.25) is 0 Å². The van der Waals surface area contributed by atoms with E-state index in [0.717, 1.165) is 34.6 Å². The fourth-order valence-corrected chi connectivity index (χ4v) is 4.77. The lowest BCUT2D eigenvalue weighted by Gasteiger charge is -2.33. The highest BCUT2D eigenvalue weighted by molar-refractivity contribution is 7.90. The summed E-state index contributed by atoms with van der Waals surface area (Å²) >= 11 is 0. The molecule has 0 aliphatic carbocycles. The summed E-state index contributed by atoms with van der Waals surface area (Å²) < 4.78 is 81.8. The summed E-state index contributed by atoms with van der Waals surface area (Å²) in [4.78, 5) is 22.8. The van der Waals surface area contributed by atoms with Gasteiger partial charge in [-0.05, 0) is 30.3 Å². The number of hydrogen-bond donors (Lipinski definition) is 3. The van der Waals surface area contributed by atoms with Crippen LogP contribution in [0, 0.1) is 11.6 Å². The van der Waals surface area contributed by atoms with E-state index in [4.69, 9.17) is 0 Å². The number of rotatable bonds is 7. The first-order valence-corrected chi connectivity index (χ1v) is 11.4. The number of carbonyl (C=O) groups excluding carboxylic acids is 2. The maximum atomic E-state index is 14.8. The molecule has 34 heavy (non-hydrogen) atoms. The average molecular weight is 503 g/mol. The summed E-state index contributed by atoms with van der Waals surface area (Å²) in [6.45, 7) is 0.651. The number of anilines is 1. The van der Waals surface area contributed by atoms with E-state index in [2.05, 4.69) is 5.32 Å². The van der Waals surface area contributed by atoms with Gasteiger partial charge in [-0.1, -0.05) is 12.1 Å². The Morgan fingerprint density at radius 3 is 2.38 bits per heavy atom. The van der Waals surface area contributed by atoms with E-state index in [1.165, 1.54) is 21.9 Å². The number of carbonyl (C=O) groups is 2. The van der Waals surface area contributed by atoms with Gasteiger partial charge in [0, 0.05) is 37.3 Å². The van der Waals surface area contributed by atoms with Crippen molar-refractivity contribution in [2.24, 2.45) is 0 Å². The highest BCUT2D eigenvalue weighted by Crippen LogP contribution is 2.25. The van der Waals surface area contributed by atoms with Crippen molar-refractivity contribution in [3.05, 3.63) is 65.2 Å². The molecule has 0 radical (unpaired) electrons. The molecule has 2 aromatic carbocycles. The van der Waals surface area contributed by atoms with Crippen LogP contribution in [0.15, 0.2) is 42.5 Å². The third-order valence-corrected chi connectivity index (χ3v) is 6.82. The molecule has 9 nitrogen and oxygen atoms in total. The number of amides is 2. The van der Waals surface area contributed by atoms with Gasteiger partial charge in [0.1, 0.15) is 11.6 Å². The van der Waals surface area contributed by atoms with Gasteiger partial charge in [0.15, 0.2) is 0 Å². The van der Waals surface area contributed by atoms with Crippen LogP contribution < -0.4 is 20.5 Å². The Bertz CT molecular complexity index is 1160. The minimum absolute atomic E-state index is 0.0190. The molecule has 14 heteroatoms. The molecule has 1 fully saturated rings. The minimum Gasteiger partial charge on any atom is -0.314 e. The molecule has 3 rings (SSSR count). The molecule has 3 N–H and O–H groups in total. The second-order valence-corrected chi connectivity index (χ2v) is 9.05. The quantitative estimate of drug-likeness (QED) is 0.388. The molecule has 2 amide bonds. The smallest absolute Gasteiger partial charge is 0.314 e. The number of hydrazine groups is 1. The first-order valence-electron chi connectivity index (χ1n) is 10.0. The summed E-state index contributed by atoms with van der Waals surface area (Å²) in [7, 11) is -4.17. The van der Waals surface area contributed by atoms with Crippen molar-refractivity contribution >= 4 is 27.7 Å². The summed E-state index contributed by atoms with van der Waals surface area (Å²) in [6.07, 6.45) is -3.36. The molecular formula is C20H21F4N5O4S. The van der Waals surface area contributed by atoms with E-state index in [0.29, 0.717) is 13.1 Å². The van der Waals surface area contributed by atoms with E-state index in [9.17, 15) is 35.6 Å². The Kier molecular flexibility index (Phi) is 8.06. The maximum absolute atomic E-state index is 14.8. The molecule has 0 aromatic heterocycles. The van der Waals surface area contributed by atoms with E-state index < -0.39 is 46.6 Å². The zero-order valence-corrected chi connectivity index (χ0v) is 18.4. The van der Waals surface area contributed by atoms with Crippen molar-refractivity contribution in [3.8, 4) is 0 Å². The predicted octanol–water partition coefficient (Wildman–Crippen LogP) is 1.15. The maximum Gasteiger partial charge on any atom is 0.317 e. The average Bonchev–Trinajstić information content (AvgIpc) is 2.81. The number of hydrogen-bond acceptors (Lipinski definition) is 5. The Labute approximate surface area is 192 Å². The van der Waals surface area contributed by atoms with Gasteiger partial charge in [0.25, 0.3) is 5.91 Å². The normalized spacial score (nSPS) is 14.6. The second-order valence-electron chi connectivity index (χ2n) is 7.19. The number of nitrogens with zero attached hydrogens (tertiary/aromatic N) is 2. The molecule has 0 atom stereocenters. The van der Waals surface area contributed by atoms with E-state index in [1.54, 1.807) is 5.43 Å².